The number of ketones is 1. The van der Waals surface area contributed by atoms with Crippen molar-refractivity contribution < 1.29 is 14.3 Å². The Morgan fingerprint density at radius 2 is 2.13 bits per heavy atom. The SMILES string of the molecule is CNC(=O)[C@@H](C#N)C(=O)/C=C/c1cccc(OC2CCCC2)c1. The van der Waals surface area contributed by atoms with E-state index in [4.69, 9.17) is 10.00 Å². The van der Waals surface area contributed by atoms with Crippen LogP contribution in [0.3, 0.4) is 0 Å². The van der Waals surface area contributed by atoms with Gasteiger partial charge in [0.05, 0.1) is 12.2 Å². The quantitative estimate of drug-likeness (QED) is 0.646. The second-order valence-corrected chi connectivity index (χ2v) is 5.51. The number of allylic oxidation sites excluding steroid dienone is 1. The van der Waals surface area contributed by atoms with Crippen molar-refractivity contribution in [1.29, 1.82) is 5.26 Å². The zero-order valence-electron chi connectivity index (χ0n) is 13.1. The molecule has 5 nitrogen and oxygen atoms in total. The molecule has 0 spiro atoms. The number of benzene rings is 1. The summed E-state index contributed by atoms with van der Waals surface area (Å²) in [6.07, 6.45) is 7.69. The van der Waals surface area contributed by atoms with Gasteiger partial charge in [0, 0.05) is 7.05 Å². The molecule has 1 aromatic carbocycles. The number of nitriles is 1. The van der Waals surface area contributed by atoms with Gasteiger partial charge in [-0.15, -0.1) is 0 Å². The molecule has 1 fully saturated rings. The highest BCUT2D eigenvalue weighted by Crippen LogP contribution is 2.24. The molecule has 0 unspecified atom stereocenters. The van der Waals surface area contributed by atoms with Gasteiger partial charge in [-0.1, -0.05) is 18.2 Å². The lowest BCUT2D eigenvalue weighted by Crippen LogP contribution is -2.31. The Kier molecular flexibility index (Phi) is 5.93. The summed E-state index contributed by atoms with van der Waals surface area (Å²) >= 11 is 0. The normalized spacial score (nSPS) is 16.0. The van der Waals surface area contributed by atoms with Crippen molar-refractivity contribution in [1.82, 2.24) is 5.32 Å². The summed E-state index contributed by atoms with van der Waals surface area (Å²) in [5.41, 5.74) is 0.794. The van der Waals surface area contributed by atoms with Crippen molar-refractivity contribution >= 4 is 17.8 Å². The van der Waals surface area contributed by atoms with Crippen LogP contribution in [0.2, 0.25) is 0 Å². The van der Waals surface area contributed by atoms with Gasteiger partial charge in [0.1, 0.15) is 5.75 Å². The van der Waals surface area contributed by atoms with Crippen molar-refractivity contribution in [2.24, 2.45) is 5.92 Å². The van der Waals surface area contributed by atoms with Gasteiger partial charge >= 0.3 is 0 Å². The molecule has 0 heterocycles. The highest BCUT2D eigenvalue weighted by molar-refractivity contribution is 6.10. The lowest BCUT2D eigenvalue weighted by Gasteiger charge is -2.13. The minimum Gasteiger partial charge on any atom is -0.490 e. The summed E-state index contributed by atoms with van der Waals surface area (Å²) < 4.78 is 5.91. The predicted octanol–water partition coefficient (Wildman–Crippen LogP) is 2.48. The molecule has 0 bridgehead atoms. The Balaban J connectivity index is 2.02. The number of rotatable bonds is 6. The van der Waals surface area contributed by atoms with Gasteiger partial charge in [-0.25, -0.2) is 0 Å². The molecule has 0 aromatic heterocycles. The van der Waals surface area contributed by atoms with Crippen LogP contribution in [-0.4, -0.2) is 24.8 Å². The van der Waals surface area contributed by atoms with E-state index in [0.29, 0.717) is 0 Å². The monoisotopic (exact) mass is 312 g/mol. The summed E-state index contributed by atoms with van der Waals surface area (Å²) in [4.78, 5) is 23.3. The van der Waals surface area contributed by atoms with Gasteiger partial charge in [-0.2, -0.15) is 5.26 Å². The maximum absolute atomic E-state index is 11.9. The average Bonchev–Trinajstić information content (AvgIpc) is 3.06. The fraction of sp³-hybridized carbons (Fsp3) is 0.389. The van der Waals surface area contributed by atoms with E-state index in [1.54, 1.807) is 12.1 Å². The number of carbonyl (C=O) groups excluding carboxylic acids is 2. The van der Waals surface area contributed by atoms with Gasteiger partial charge in [0.2, 0.25) is 5.91 Å². The molecule has 23 heavy (non-hydrogen) atoms. The van der Waals surface area contributed by atoms with Crippen LogP contribution < -0.4 is 10.1 Å². The molecule has 5 heteroatoms. The average molecular weight is 312 g/mol. The summed E-state index contributed by atoms with van der Waals surface area (Å²) in [5, 5.41) is 11.2. The number of ether oxygens (including phenoxy) is 1. The smallest absolute Gasteiger partial charge is 0.245 e. The first-order valence-corrected chi connectivity index (χ1v) is 7.74. The first kappa shape index (κ1) is 16.8. The minimum absolute atomic E-state index is 0.270. The summed E-state index contributed by atoms with van der Waals surface area (Å²) in [5.74, 6) is -1.67. The van der Waals surface area contributed by atoms with Gasteiger partial charge in [0.15, 0.2) is 11.7 Å². The molecule has 0 saturated heterocycles. The van der Waals surface area contributed by atoms with Crippen LogP contribution in [0.1, 0.15) is 31.2 Å². The van der Waals surface area contributed by atoms with Crippen molar-refractivity contribution in [3.63, 3.8) is 0 Å². The molecule has 0 radical (unpaired) electrons. The topological polar surface area (TPSA) is 79.2 Å². The second-order valence-electron chi connectivity index (χ2n) is 5.51. The van der Waals surface area contributed by atoms with E-state index in [2.05, 4.69) is 5.32 Å². The van der Waals surface area contributed by atoms with Gasteiger partial charge < -0.3 is 10.1 Å². The van der Waals surface area contributed by atoms with E-state index in [1.165, 1.54) is 26.0 Å². The summed E-state index contributed by atoms with van der Waals surface area (Å²) in [6, 6.07) is 9.15. The Bertz CT molecular complexity index is 640. The lowest BCUT2D eigenvalue weighted by atomic mass is 10.0. The van der Waals surface area contributed by atoms with Crippen LogP contribution in [0, 0.1) is 17.2 Å². The molecule has 1 aromatic rings. The molecule has 2 rings (SSSR count). The zero-order valence-corrected chi connectivity index (χ0v) is 13.1. The third kappa shape index (κ3) is 4.68. The first-order chi connectivity index (χ1) is 11.1. The lowest BCUT2D eigenvalue weighted by molar-refractivity contribution is -0.129. The van der Waals surface area contributed by atoms with E-state index in [-0.39, 0.29) is 6.10 Å². The van der Waals surface area contributed by atoms with Crippen molar-refractivity contribution in [2.75, 3.05) is 7.05 Å². The van der Waals surface area contributed by atoms with Gasteiger partial charge in [0.25, 0.3) is 0 Å². The van der Waals surface area contributed by atoms with Crippen LogP contribution in [0.4, 0.5) is 0 Å². The molecule has 1 atom stereocenters. The summed E-state index contributed by atoms with van der Waals surface area (Å²) in [6.45, 7) is 0. The largest absolute Gasteiger partial charge is 0.490 e. The Labute approximate surface area is 135 Å². The third-order valence-electron chi connectivity index (χ3n) is 3.83. The number of nitrogens with zero attached hydrogens (tertiary/aromatic N) is 1. The van der Waals surface area contributed by atoms with Crippen LogP contribution in [0.15, 0.2) is 30.3 Å². The van der Waals surface area contributed by atoms with E-state index in [0.717, 1.165) is 24.2 Å². The summed E-state index contributed by atoms with van der Waals surface area (Å²) in [7, 11) is 1.40. The van der Waals surface area contributed by atoms with E-state index >= 15 is 0 Å². The molecule has 1 aliphatic carbocycles. The number of hydrogen-bond acceptors (Lipinski definition) is 4. The van der Waals surface area contributed by atoms with Gasteiger partial charge in [-0.05, 0) is 49.5 Å². The molecule has 1 amide bonds. The zero-order chi connectivity index (χ0) is 16.7. The first-order valence-electron chi connectivity index (χ1n) is 7.74. The highest BCUT2D eigenvalue weighted by Gasteiger charge is 2.23. The van der Waals surface area contributed by atoms with E-state index in [9.17, 15) is 9.59 Å². The highest BCUT2D eigenvalue weighted by atomic mass is 16.5. The molecular formula is C18H20N2O3. The molecule has 120 valence electrons. The van der Waals surface area contributed by atoms with E-state index < -0.39 is 17.6 Å². The third-order valence-corrected chi connectivity index (χ3v) is 3.83. The number of amides is 1. The van der Waals surface area contributed by atoms with Gasteiger partial charge in [-0.3, -0.25) is 9.59 Å². The van der Waals surface area contributed by atoms with Crippen LogP contribution in [0.5, 0.6) is 5.75 Å². The fourth-order valence-corrected chi connectivity index (χ4v) is 2.56. The Morgan fingerprint density at radius 1 is 1.39 bits per heavy atom. The van der Waals surface area contributed by atoms with Crippen LogP contribution >= 0.6 is 0 Å². The van der Waals surface area contributed by atoms with Crippen LogP contribution in [0.25, 0.3) is 6.08 Å². The van der Waals surface area contributed by atoms with Crippen molar-refractivity contribution in [3.05, 3.63) is 35.9 Å². The maximum Gasteiger partial charge on any atom is 0.245 e. The Hall–Kier alpha value is -2.61. The van der Waals surface area contributed by atoms with Crippen molar-refractivity contribution in [3.8, 4) is 11.8 Å². The molecule has 1 N–H and O–H groups in total. The minimum atomic E-state index is -1.31. The van der Waals surface area contributed by atoms with Crippen LogP contribution in [-0.2, 0) is 9.59 Å². The number of carbonyl (C=O) groups is 2. The maximum atomic E-state index is 11.9. The van der Waals surface area contributed by atoms with E-state index in [1.807, 2.05) is 24.3 Å². The molecule has 0 aliphatic heterocycles. The number of hydrogen-bond donors (Lipinski definition) is 1. The molecule has 1 saturated carbocycles. The fourth-order valence-electron chi connectivity index (χ4n) is 2.56. The van der Waals surface area contributed by atoms with Crippen molar-refractivity contribution in [2.45, 2.75) is 31.8 Å². The number of nitrogens with one attached hydrogen (secondary N) is 1. The second kappa shape index (κ2) is 8.14. The Morgan fingerprint density at radius 3 is 2.78 bits per heavy atom. The molecule has 1 aliphatic rings. The standard InChI is InChI=1S/C18H20N2O3/c1-20-18(22)16(12-19)17(21)10-9-13-5-4-8-15(11-13)23-14-6-2-3-7-14/h4-5,8-11,14,16H,2-3,6-7H2,1H3,(H,20,22)/b10-9+/t16-/m0/s1. The predicted molar refractivity (Wildman–Crippen MR) is 86.5 cm³/mol. The molecular weight excluding hydrogens is 292 g/mol.